The van der Waals surface area contributed by atoms with Crippen molar-refractivity contribution in [3.63, 3.8) is 0 Å². The van der Waals surface area contributed by atoms with Crippen molar-refractivity contribution >= 4 is 21.9 Å². The van der Waals surface area contributed by atoms with Crippen LogP contribution in [0.4, 0.5) is 0 Å². The number of rotatable bonds is 11. The average Bonchev–Trinajstić information content (AvgIpc) is 2.21. The lowest BCUT2D eigenvalue weighted by Gasteiger charge is -2.01. The van der Waals surface area contributed by atoms with Gasteiger partial charge in [0.1, 0.15) is 0 Å². The molecule has 14 heavy (non-hydrogen) atoms. The summed E-state index contributed by atoms with van der Waals surface area (Å²) < 4.78 is 5.42. The molecule has 0 aliphatic rings. The minimum atomic E-state index is 0.924. The van der Waals surface area contributed by atoms with E-state index in [2.05, 4.69) is 13.8 Å². The molecule has 1 nitrogen and oxygen atoms in total. The molecular weight excluding hydrogens is 212 g/mol. The third-order valence-electron chi connectivity index (χ3n) is 1.96. The van der Waals surface area contributed by atoms with Crippen molar-refractivity contribution in [1.82, 2.24) is 0 Å². The summed E-state index contributed by atoms with van der Waals surface area (Å²) in [5, 5.41) is 0. The third-order valence-corrected chi connectivity index (χ3v) is 3.98. The van der Waals surface area contributed by atoms with Crippen molar-refractivity contribution in [3.05, 3.63) is 0 Å². The fourth-order valence-electron chi connectivity index (χ4n) is 1.13. The highest BCUT2D eigenvalue weighted by Crippen LogP contribution is 2.23. The molecule has 0 amide bonds. The SMILES string of the molecule is CCCCCCCCOSSCCC. The summed E-state index contributed by atoms with van der Waals surface area (Å²) in [4.78, 5) is 0. The van der Waals surface area contributed by atoms with Crippen molar-refractivity contribution in [2.24, 2.45) is 0 Å². The molecule has 0 aromatic carbocycles. The number of hydrogen-bond acceptors (Lipinski definition) is 3. The first-order valence-corrected chi connectivity index (χ1v) is 8.07. The summed E-state index contributed by atoms with van der Waals surface area (Å²) in [5.41, 5.74) is 0. The summed E-state index contributed by atoms with van der Waals surface area (Å²) in [5.74, 6) is 1.20. The molecule has 0 radical (unpaired) electrons. The Labute approximate surface area is 97.4 Å². The van der Waals surface area contributed by atoms with Gasteiger partial charge in [-0.15, -0.1) is 0 Å². The van der Waals surface area contributed by atoms with Crippen LogP contribution in [0.2, 0.25) is 0 Å². The molecule has 0 bridgehead atoms. The Morgan fingerprint density at radius 3 is 2.29 bits per heavy atom. The smallest absolute Gasteiger partial charge is 0.0624 e. The fourth-order valence-corrected chi connectivity index (χ4v) is 2.73. The largest absolute Gasteiger partial charge is 0.305 e. The monoisotopic (exact) mass is 236 g/mol. The topological polar surface area (TPSA) is 9.23 Å². The van der Waals surface area contributed by atoms with Crippen LogP contribution >= 0.6 is 21.9 Å². The van der Waals surface area contributed by atoms with Crippen LogP contribution in [0.15, 0.2) is 0 Å². The van der Waals surface area contributed by atoms with Crippen LogP contribution in [-0.4, -0.2) is 12.4 Å². The first-order valence-electron chi connectivity index (χ1n) is 5.82. The second-order valence-electron chi connectivity index (χ2n) is 3.48. The fraction of sp³-hybridized carbons (Fsp3) is 1.00. The lowest BCUT2D eigenvalue weighted by molar-refractivity contribution is 0.360. The van der Waals surface area contributed by atoms with E-state index in [1.165, 1.54) is 50.7 Å². The van der Waals surface area contributed by atoms with Crippen molar-refractivity contribution in [2.75, 3.05) is 12.4 Å². The van der Waals surface area contributed by atoms with Crippen molar-refractivity contribution in [2.45, 2.75) is 58.8 Å². The summed E-state index contributed by atoms with van der Waals surface area (Å²) >= 11 is 1.56. The van der Waals surface area contributed by atoms with Gasteiger partial charge >= 0.3 is 0 Å². The van der Waals surface area contributed by atoms with E-state index in [1.807, 2.05) is 10.8 Å². The highest BCUT2D eigenvalue weighted by Gasteiger charge is 1.92. The van der Waals surface area contributed by atoms with E-state index in [-0.39, 0.29) is 0 Å². The van der Waals surface area contributed by atoms with Gasteiger partial charge in [-0.05, 0) is 12.8 Å². The Morgan fingerprint density at radius 1 is 0.857 bits per heavy atom. The molecule has 0 rings (SSSR count). The van der Waals surface area contributed by atoms with Crippen LogP contribution in [0.1, 0.15) is 58.8 Å². The van der Waals surface area contributed by atoms with Crippen LogP contribution in [0.25, 0.3) is 0 Å². The van der Waals surface area contributed by atoms with Gasteiger partial charge in [-0.25, -0.2) is 0 Å². The minimum Gasteiger partial charge on any atom is -0.305 e. The molecule has 0 N–H and O–H groups in total. The predicted molar refractivity (Wildman–Crippen MR) is 69.7 cm³/mol. The van der Waals surface area contributed by atoms with E-state index in [9.17, 15) is 0 Å². The van der Waals surface area contributed by atoms with Gasteiger partial charge in [-0.3, -0.25) is 0 Å². The molecule has 0 unspecified atom stereocenters. The molecule has 0 fully saturated rings. The van der Waals surface area contributed by atoms with Gasteiger partial charge in [-0.1, -0.05) is 56.7 Å². The van der Waals surface area contributed by atoms with Crippen LogP contribution in [-0.2, 0) is 4.18 Å². The summed E-state index contributed by atoms with van der Waals surface area (Å²) in [6.45, 7) is 5.37. The molecule has 0 saturated heterocycles. The maximum absolute atomic E-state index is 5.42. The van der Waals surface area contributed by atoms with E-state index in [1.54, 1.807) is 11.1 Å². The normalized spacial score (nSPS) is 10.7. The van der Waals surface area contributed by atoms with Crippen LogP contribution in [0.3, 0.4) is 0 Å². The molecule has 0 atom stereocenters. The van der Waals surface area contributed by atoms with Crippen LogP contribution in [0, 0.1) is 0 Å². The predicted octanol–water partition coefficient (Wildman–Crippen LogP) is 5.07. The Balaban J connectivity index is 2.78. The first-order chi connectivity index (χ1) is 6.91. The van der Waals surface area contributed by atoms with Gasteiger partial charge in [0.2, 0.25) is 0 Å². The van der Waals surface area contributed by atoms with E-state index in [0.29, 0.717) is 0 Å². The zero-order valence-corrected chi connectivity index (χ0v) is 11.2. The molecule has 0 aliphatic heterocycles. The summed E-state index contributed by atoms with van der Waals surface area (Å²) in [7, 11) is 1.82. The molecule has 0 heterocycles. The molecule has 0 spiro atoms. The lowest BCUT2D eigenvalue weighted by atomic mass is 10.1. The van der Waals surface area contributed by atoms with Gasteiger partial charge in [0.25, 0.3) is 0 Å². The molecule has 3 heteroatoms. The number of unbranched alkanes of at least 4 members (excludes halogenated alkanes) is 5. The molecule has 0 saturated carbocycles. The third kappa shape index (κ3) is 12.7. The maximum Gasteiger partial charge on any atom is 0.0624 e. The van der Waals surface area contributed by atoms with Crippen LogP contribution in [0.5, 0.6) is 0 Å². The highest BCUT2D eigenvalue weighted by atomic mass is 33.1. The van der Waals surface area contributed by atoms with E-state index in [0.717, 1.165) is 6.61 Å². The Kier molecular flexibility index (Phi) is 14.3. The zero-order chi connectivity index (χ0) is 10.5. The van der Waals surface area contributed by atoms with Gasteiger partial charge in [-0.2, -0.15) is 0 Å². The zero-order valence-electron chi connectivity index (χ0n) is 9.59. The highest BCUT2D eigenvalue weighted by molar-refractivity contribution is 8.74. The first kappa shape index (κ1) is 14.7. The van der Waals surface area contributed by atoms with Gasteiger partial charge in [0.15, 0.2) is 0 Å². The second-order valence-corrected chi connectivity index (χ2v) is 5.61. The van der Waals surface area contributed by atoms with Gasteiger partial charge < -0.3 is 4.18 Å². The van der Waals surface area contributed by atoms with Gasteiger partial charge in [0.05, 0.1) is 17.7 Å². The van der Waals surface area contributed by atoms with Crippen molar-refractivity contribution < 1.29 is 4.18 Å². The maximum atomic E-state index is 5.42. The molecule has 0 aromatic heterocycles. The van der Waals surface area contributed by atoms with E-state index >= 15 is 0 Å². The summed E-state index contributed by atoms with van der Waals surface area (Å²) in [6.07, 6.45) is 9.29. The van der Waals surface area contributed by atoms with Crippen molar-refractivity contribution in [3.8, 4) is 0 Å². The van der Waals surface area contributed by atoms with Crippen molar-refractivity contribution in [1.29, 1.82) is 0 Å². The molecule has 86 valence electrons. The standard InChI is InChI=1S/C11H24OS2/c1-3-5-6-7-8-9-10-12-14-13-11-4-2/h3-11H2,1-2H3. The quantitative estimate of drug-likeness (QED) is 0.281. The Hall–Kier alpha value is 0.660. The second kappa shape index (κ2) is 13.7. The Bertz CT molecular complexity index is 87.3. The number of hydrogen-bond donors (Lipinski definition) is 0. The van der Waals surface area contributed by atoms with Gasteiger partial charge in [0, 0.05) is 5.75 Å². The van der Waals surface area contributed by atoms with E-state index < -0.39 is 0 Å². The Morgan fingerprint density at radius 2 is 1.57 bits per heavy atom. The molecular formula is C11H24OS2. The summed E-state index contributed by atoms with van der Waals surface area (Å²) in [6, 6.07) is 0. The average molecular weight is 236 g/mol. The van der Waals surface area contributed by atoms with E-state index in [4.69, 9.17) is 4.18 Å². The lowest BCUT2D eigenvalue weighted by Crippen LogP contribution is -1.86. The molecule has 0 aromatic rings. The van der Waals surface area contributed by atoms with Crippen LogP contribution < -0.4 is 0 Å². The minimum absolute atomic E-state index is 0.924. The molecule has 0 aliphatic carbocycles.